The molecule has 0 heterocycles. The molecule has 0 saturated heterocycles. The smallest absolute Gasteiger partial charge is 0.0449 e. The molecule has 0 amide bonds. The largest absolute Gasteiger partial charge is 0.326 e. The van der Waals surface area contributed by atoms with E-state index in [1.165, 1.54) is 16.0 Å². The van der Waals surface area contributed by atoms with Gasteiger partial charge >= 0.3 is 0 Å². The molecule has 1 nitrogen and oxygen atoms in total. The molecule has 0 aliphatic rings. The van der Waals surface area contributed by atoms with Crippen molar-refractivity contribution in [2.45, 2.75) is 31.0 Å². The molecule has 0 aliphatic heterocycles. The van der Waals surface area contributed by atoms with Crippen LogP contribution in [0.4, 0.5) is 0 Å². The predicted octanol–water partition coefficient (Wildman–Crippen LogP) is 4.71. The zero-order chi connectivity index (χ0) is 13.8. The van der Waals surface area contributed by atoms with Gasteiger partial charge in [0.05, 0.1) is 0 Å². The summed E-state index contributed by atoms with van der Waals surface area (Å²) in [4.78, 5) is 1.28. The fraction of sp³-hybridized carbons (Fsp3) is 0.250. The van der Waals surface area contributed by atoms with Gasteiger partial charge in [-0.1, -0.05) is 29.8 Å². The molecule has 2 N–H and O–H groups in total. The van der Waals surface area contributed by atoms with E-state index in [1.54, 1.807) is 0 Å². The second-order valence-electron chi connectivity index (χ2n) is 4.66. The van der Waals surface area contributed by atoms with Gasteiger partial charge in [0.15, 0.2) is 0 Å². The summed E-state index contributed by atoms with van der Waals surface area (Å²) in [6.07, 6.45) is 0. The third kappa shape index (κ3) is 3.75. The van der Waals surface area contributed by atoms with Crippen LogP contribution < -0.4 is 5.73 Å². The number of thioether (sulfide) groups is 1. The Morgan fingerprint density at radius 1 is 1.05 bits per heavy atom. The van der Waals surface area contributed by atoms with E-state index in [1.807, 2.05) is 23.9 Å². The van der Waals surface area contributed by atoms with E-state index in [0.29, 0.717) is 6.54 Å². The van der Waals surface area contributed by atoms with Crippen LogP contribution in [0.3, 0.4) is 0 Å². The highest BCUT2D eigenvalue weighted by molar-refractivity contribution is 7.98. The van der Waals surface area contributed by atoms with Crippen molar-refractivity contribution in [1.82, 2.24) is 0 Å². The van der Waals surface area contributed by atoms with Crippen molar-refractivity contribution in [1.29, 1.82) is 0 Å². The van der Waals surface area contributed by atoms with Crippen molar-refractivity contribution in [2.75, 3.05) is 0 Å². The van der Waals surface area contributed by atoms with Crippen LogP contribution in [0.2, 0.25) is 5.02 Å². The van der Waals surface area contributed by atoms with Crippen LogP contribution in [0, 0.1) is 13.8 Å². The highest BCUT2D eigenvalue weighted by Gasteiger charge is 2.03. The van der Waals surface area contributed by atoms with Gasteiger partial charge < -0.3 is 5.73 Å². The summed E-state index contributed by atoms with van der Waals surface area (Å²) < 4.78 is 0. The average Bonchev–Trinajstić information content (AvgIpc) is 2.41. The van der Waals surface area contributed by atoms with Gasteiger partial charge in [0.25, 0.3) is 0 Å². The molecule has 2 rings (SSSR count). The summed E-state index contributed by atoms with van der Waals surface area (Å²) in [5.41, 5.74) is 10.5. The molecule has 0 radical (unpaired) electrons. The maximum Gasteiger partial charge on any atom is 0.0449 e. The van der Waals surface area contributed by atoms with Crippen LogP contribution in [-0.2, 0) is 12.3 Å². The minimum absolute atomic E-state index is 0.532. The van der Waals surface area contributed by atoms with Gasteiger partial charge in [0.2, 0.25) is 0 Å². The Hall–Kier alpha value is -0.960. The van der Waals surface area contributed by atoms with Gasteiger partial charge in [-0.2, -0.15) is 0 Å². The lowest BCUT2D eigenvalue weighted by Crippen LogP contribution is -1.96. The maximum atomic E-state index is 6.26. The van der Waals surface area contributed by atoms with E-state index >= 15 is 0 Å². The van der Waals surface area contributed by atoms with Crippen LogP contribution in [0.15, 0.2) is 41.3 Å². The fourth-order valence-corrected chi connectivity index (χ4v) is 3.15. The van der Waals surface area contributed by atoms with Crippen LogP contribution in [0.25, 0.3) is 0 Å². The van der Waals surface area contributed by atoms with Gasteiger partial charge in [0.1, 0.15) is 0 Å². The summed E-state index contributed by atoms with van der Waals surface area (Å²) in [5.74, 6) is 0.881. The van der Waals surface area contributed by atoms with Crippen molar-refractivity contribution in [3.8, 4) is 0 Å². The van der Waals surface area contributed by atoms with Crippen molar-refractivity contribution in [3.63, 3.8) is 0 Å². The van der Waals surface area contributed by atoms with E-state index in [2.05, 4.69) is 38.1 Å². The SMILES string of the molecule is Cc1ccc(SCc2ccc(CN)cc2Cl)cc1C. The number of hydrogen-bond acceptors (Lipinski definition) is 2. The second kappa shape index (κ2) is 6.47. The number of hydrogen-bond donors (Lipinski definition) is 1. The van der Waals surface area contributed by atoms with E-state index in [4.69, 9.17) is 17.3 Å². The minimum Gasteiger partial charge on any atom is -0.326 e. The molecule has 0 unspecified atom stereocenters. The first-order valence-electron chi connectivity index (χ1n) is 6.27. The molecule has 19 heavy (non-hydrogen) atoms. The van der Waals surface area contributed by atoms with Crippen LogP contribution >= 0.6 is 23.4 Å². The van der Waals surface area contributed by atoms with E-state index in [-0.39, 0.29) is 0 Å². The minimum atomic E-state index is 0.532. The number of rotatable bonds is 4. The summed E-state index contributed by atoms with van der Waals surface area (Å²) >= 11 is 8.07. The van der Waals surface area contributed by atoms with E-state index < -0.39 is 0 Å². The Kier molecular flexibility index (Phi) is 4.92. The highest BCUT2D eigenvalue weighted by atomic mass is 35.5. The quantitative estimate of drug-likeness (QED) is 0.826. The molecular formula is C16H18ClNS. The van der Waals surface area contributed by atoms with E-state index in [9.17, 15) is 0 Å². The summed E-state index contributed by atoms with van der Waals surface area (Å²) in [5, 5.41) is 0.805. The van der Waals surface area contributed by atoms with Gasteiger partial charge in [-0.3, -0.25) is 0 Å². The lowest BCUT2D eigenvalue weighted by atomic mass is 10.1. The first kappa shape index (κ1) is 14.4. The highest BCUT2D eigenvalue weighted by Crippen LogP contribution is 2.28. The lowest BCUT2D eigenvalue weighted by molar-refractivity contribution is 1.07. The Morgan fingerprint density at radius 3 is 2.47 bits per heavy atom. The molecule has 3 heteroatoms. The zero-order valence-electron chi connectivity index (χ0n) is 11.2. The zero-order valence-corrected chi connectivity index (χ0v) is 12.8. The van der Waals surface area contributed by atoms with Gasteiger partial charge in [-0.15, -0.1) is 11.8 Å². The predicted molar refractivity (Wildman–Crippen MR) is 84.8 cm³/mol. The van der Waals surface area contributed by atoms with Crippen molar-refractivity contribution >= 4 is 23.4 Å². The molecule has 100 valence electrons. The number of benzene rings is 2. The fourth-order valence-electron chi connectivity index (χ4n) is 1.80. The standard InChI is InChI=1S/C16H18ClNS/c1-11-3-6-15(7-12(11)2)19-10-14-5-4-13(9-18)8-16(14)17/h3-8H,9-10,18H2,1-2H3. The van der Waals surface area contributed by atoms with Gasteiger partial charge in [-0.05, 0) is 54.3 Å². The van der Waals surface area contributed by atoms with Gasteiger partial charge in [-0.25, -0.2) is 0 Å². The Labute approximate surface area is 124 Å². The molecule has 0 atom stereocenters. The molecule has 2 aromatic carbocycles. The average molecular weight is 292 g/mol. The molecular weight excluding hydrogens is 274 g/mol. The van der Waals surface area contributed by atoms with Gasteiger partial charge in [0, 0.05) is 22.2 Å². The lowest BCUT2D eigenvalue weighted by Gasteiger charge is -2.08. The van der Waals surface area contributed by atoms with Crippen molar-refractivity contribution in [3.05, 3.63) is 63.7 Å². The van der Waals surface area contributed by atoms with Crippen LogP contribution in [0.5, 0.6) is 0 Å². The molecule has 2 aromatic rings. The molecule has 0 spiro atoms. The van der Waals surface area contributed by atoms with Crippen LogP contribution in [0.1, 0.15) is 22.3 Å². The first-order valence-corrected chi connectivity index (χ1v) is 7.64. The number of aryl methyl sites for hydroxylation is 2. The molecule has 0 aliphatic carbocycles. The monoisotopic (exact) mass is 291 g/mol. The first-order chi connectivity index (χ1) is 9.10. The molecule has 0 aromatic heterocycles. The summed E-state index contributed by atoms with van der Waals surface area (Å²) in [6.45, 7) is 4.80. The molecule has 0 saturated carbocycles. The Bertz CT molecular complexity index is 581. The van der Waals surface area contributed by atoms with Crippen LogP contribution in [-0.4, -0.2) is 0 Å². The van der Waals surface area contributed by atoms with Crippen molar-refractivity contribution < 1.29 is 0 Å². The third-order valence-electron chi connectivity index (χ3n) is 3.23. The maximum absolute atomic E-state index is 6.26. The Balaban J connectivity index is 2.07. The molecule has 0 bridgehead atoms. The third-order valence-corrected chi connectivity index (χ3v) is 4.62. The summed E-state index contributed by atoms with van der Waals surface area (Å²) in [6, 6.07) is 12.6. The second-order valence-corrected chi connectivity index (χ2v) is 6.12. The van der Waals surface area contributed by atoms with E-state index in [0.717, 1.165) is 21.9 Å². The Morgan fingerprint density at radius 2 is 1.84 bits per heavy atom. The summed E-state index contributed by atoms with van der Waals surface area (Å²) in [7, 11) is 0. The normalized spacial score (nSPS) is 10.7. The number of halogens is 1. The van der Waals surface area contributed by atoms with Crippen molar-refractivity contribution in [2.24, 2.45) is 5.73 Å². The topological polar surface area (TPSA) is 26.0 Å². The number of nitrogens with two attached hydrogens (primary N) is 1. The molecule has 0 fully saturated rings.